The number of aryl methyl sites for hydroxylation is 1. The number of nitrogens with two attached hydrogens (primary N) is 1. The Bertz CT molecular complexity index is 891. The lowest BCUT2D eigenvalue weighted by molar-refractivity contribution is 0.0930. The van der Waals surface area contributed by atoms with Crippen molar-refractivity contribution < 1.29 is 4.79 Å². The third-order valence-corrected chi connectivity index (χ3v) is 5.99. The molecule has 2 aromatic heterocycles. The molecule has 6 heteroatoms. The van der Waals surface area contributed by atoms with Crippen LogP contribution in [0, 0.1) is 6.92 Å². The Morgan fingerprint density at radius 2 is 1.96 bits per heavy atom. The molecule has 1 aliphatic carbocycles. The highest BCUT2D eigenvalue weighted by Crippen LogP contribution is 2.30. The first-order valence-corrected chi connectivity index (χ1v) is 9.54. The highest BCUT2D eigenvalue weighted by atomic mass is 32.1. The molecule has 1 fully saturated rings. The number of para-hydroxylation sites is 1. The van der Waals surface area contributed by atoms with E-state index in [2.05, 4.69) is 10.4 Å². The molecule has 0 atom stereocenters. The summed E-state index contributed by atoms with van der Waals surface area (Å²) in [7, 11) is 0. The predicted molar refractivity (Wildman–Crippen MR) is 101 cm³/mol. The summed E-state index contributed by atoms with van der Waals surface area (Å²) in [5.41, 5.74) is 7.90. The van der Waals surface area contributed by atoms with Crippen LogP contribution in [0.4, 0.5) is 0 Å². The number of benzene rings is 1. The number of hydrogen-bond acceptors (Lipinski definition) is 4. The van der Waals surface area contributed by atoms with Gasteiger partial charge in [-0.05, 0) is 50.8 Å². The molecule has 1 amide bonds. The van der Waals surface area contributed by atoms with Gasteiger partial charge in [0.25, 0.3) is 5.91 Å². The van der Waals surface area contributed by atoms with E-state index in [0.29, 0.717) is 0 Å². The topological polar surface area (TPSA) is 72.9 Å². The van der Waals surface area contributed by atoms with Gasteiger partial charge in [-0.3, -0.25) is 4.79 Å². The van der Waals surface area contributed by atoms with Crippen LogP contribution in [0.2, 0.25) is 0 Å². The van der Waals surface area contributed by atoms with Gasteiger partial charge in [0, 0.05) is 17.5 Å². The minimum absolute atomic E-state index is 0.0145. The molecular weight excluding hydrogens is 332 g/mol. The van der Waals surface area contributed by atoms with Crippen molar-refractivity contribution in [1.29, 1.82) is 0 Å². The minimum atomic E-state index is 0.0145. The molecule has 25 heavy (non-hydrogen) atoms. The Balaban J connectivity index is 1.60. The number of hydrogen-bond donors (Lipinski definition) is 2. The highest BCUT2D eigenvalue weighted by Gasteiger charge is 2.22. The summed E-state index contributed by atoms with van der Waals surface area (Å²) in [6, 6.07) is 12.5. The number of rotatable bonds is 3. The van der Waals surface area contributed by atoms with Gasteiger partial charge < -0.3 is 11.1 Å². The summed E-state index contributed by atoms with van der Waals surface area (Å²) < 4.78 is 1.92. The normalized spacial score (nSPS) is 20.7. The second-order valence-electron chi connectivity index (χ2n) is 6.75. The van der Waals surface area contributed by atoms with Crippen molar-refractivity contribution >= 4 is 27.5 Å². The predicted octanol–water partition coefficient (Wildman–Crippen LogP) is 3.40. The van der Waals surface area contributed by atoms with Crippen molar-refractivity contribution in [2.75, 3.05) is 0 Å². The summed E-state index contributed by atoms with van der Waals surface area (Å²) in [5, 5.41) is 8.84. The number of amides is 1. The molecule has 0 aliphatic heterocycles. The smallest absolute Gasteiger partial charge is 0.261 e. The lowest BCUT2D eigenvalue weighted by Gasteiger charge is -2.26. The Morgan fingerprint density at radius 1 is 1.24 bits per heavy atom. The van der Waals surface area contributed by atoms with Crippen LogP contribution in [0.1, 0.15) is 41.0 Å². The molecule has 4 rings (SSSR count). The maximum atomic E-state index is 12.7. The van der Waals surface area contributed by atoms with Gasteiger partial charge in [0.1, 0.15) is 4.83 Å². The number of thiophene rings is 1. The largest absolute Gasteiger partial charge is 0.349 e. The molecule has 0 bridgehead atoms. The van der Waals surface area contributed by atoms with Crippen LogP contribution in [0.25, 0.3) is 15.9 Å². The van der Waals surface area contributed by atoms with Gasteiger partial charge in [-0.15, -0.1) is 11.3 Å². The van der Waals surface area contributed by atoms with Crippen LogP contribution in [0.5, 0.6) is 0 Å². The monoisotopic (exact) mass is 354 g/mol. The first kappa shape index (κ1) is 16.3. The standard InChI is InChI=1S/C19H22N4OS/c1-12-16-11-17(18(24)21-14-9-7-13(20)8-10-14)25-19(16)23(22-12)15-5-3-2-4-6-15/h2-6,11,13-14H,7-10,20H2,1H3,(H,21,24). The third kappa shape index (κ3) is 3.19. The van der Waals surface area contributed by atoms with Crippen molar-refractivity contribution in [1.82, 2.24) is 15.1 Å². The van der Waals surface area contributed by atoms with Gasteiger partial charge in [0.05, 0.1) is 16.3 Å². The summed E-state index contributed by atoms with van der Waals surface area (Å²) in [6.45, 7) is 1.98. The molecule has 3 N–H and O–H groups in total. The Kier molecular flexibility index (Phi) is 4.31. The van der Waals surface area contributed by atoms with E-state index < -0.39 is 0 Å². The van der Waals surface area contributed by atoms with Crippen molar-refractivity contribution in [3.05, 3.63) is 47.0 Å². The van der Waals surface area contributed by atoms with E-state index in [0.717, 1.165) is 52.2 Å². The number of carbonyl (C=O) groups is 1. The molecule has 130 valence electrons. The van der Waals surface area contributed by atoms with E-state index in [1.54, 1.807) is 0 Å². The van der Waals surface area contributed by atoms with E-state index in [9.17, 15) is 4.79 Å². The van der Waals surface area contributed by atoms with Crippen molar-refractivity contribution in [2.24, 2.45) is 5.73 Å². The average molecular weight is 354 g/mol. The summed E-state index contributed by atoms with van der Waals surface area (Å²) in [4.78, 5) is 14.4. The fourth-order valence-corrected chi connectivity index (χ4v) is 4.51. The van der Waals surface area contributed by atoms with Crippen molar-refractivity contribution in [3.63, 3.8) is 0 Å². The van der Waals surface area contributed by atoms with E-state index in [4.69, 9.17) is 5.73 Å². The van der Waals surface area contributed by atoms with Crippen molar-refractivity contribution in [3.8, 4) is 5.69 Å². The Labute approximate surface area is 150 Å². The van der Waals surface area contributed by atoms with Gasteiger partial charge in [-0.1, -0.05) is 18.2 Å². The van der Waals surface area contributed by atoms with Gasteiger partial charge in [-0.25, -0.2) is 4.68 Å². The first-order chi connectivity index (χ1) is 12.1. The van der Waals surface area contributed by atoms with E-state index in [1.807, 2.05) is 48.0 Å². The molecular formula is C19H22N4OS. The minimum Gasteiger partial charge on any atom is -0.349 e. The van der Waals surface area contributed by atoms with Crippen LogP contribution < -0.4 is 11.1 Å². The number of aromatic nitrogens is 2. The zero-order chi connectivity index (χ0) is 17.4. The van der Waals surface area contributed by atoms with E-state index in [-0.39, 0.29) is 18.0 Å². The van der Waals surface area contributed by atoms with Crippen LogP contribution >= 0.6 is 11.3 Å². The lowest BCUT2D eigenvalue weighted by Crippen LogP contribution is -2.40. The molecule has 0 radical (unpaired) electrons. The highest BCUT2D eigenvalue weighted by molar-refractivity contribution is 7.20. The van der Waals surface area contributed by atoms with Gasteiger partial charge >= 0.3 is 0 Å². The molecule has 1 aromatic carbocycles. The van der Waals surface area contributed by atoms with Gasteiger partial charge in [0.2, 0.25) is 0 Å². The molecule has 2 heterocycles. The van der Waals surface area contributed by atoms with Crippen LogP contribution in [0.3, 0.4) is 0 Å². The summed E-state index contributed by atoms with van der Waals surface area (Å²) in [6.07, 6.45) is 3.90. The number of nitrogens with zero attached hydrogens (tertiary/aromatic N) is 2. The van der Waals surface area contributed by atoms with Crippen LogP contribution in [-0.2, 0) is 0 Å². The van der Waals surface area contributed by atoms with Crippen molar-refractivity contribution in [2.45, 2.75) is 44.7 Å². The number of nitrogens with one attached hydrogen (secondary N) is 1. The molecule has 1 aliphatic rings. The van der Waals surface area contributed by atoms with Gasteiger partial charge in [-0.2, -0.15) is 5.10 Å². The van der Waals surface area contributed by atoms with E-state index >= 15 is 0 Å². The summed E-state index contributed by atoms with van der Waals surface area (Å²) >= 11 is 1.50. The van der Waals surface area contributed by atoms with E-state index in [1.165, 1.54) is 11.3 Å². The zero-order valence-corrected chi connectivity index (χ0v) is 15.1. The fourth-order valence-electron chi connectivity index (χ4n) is 3.42. The molecule has 0 saturated heterocycles. The molecule has 5 nitrogen and oxygen atoms in total. The maximum Gasteiger partial charge on any atom is 0.261 e. The molecule has 0 spiro atoms. The lowest BCUT2D eigenvalue weighted by atomic mass is 9.92. The average Bonchev–Trinajstić information content (AvgIpc) is 3.19. The summed E-state index contributed by atoms with van der Waals surface area (Å²) in [5.74, 6) is 0.0145. The third-order valence-electron chi connectivity index (χ3n) is 4.88. The Hall–Kier alpha value is -2.18. The molecule has 0 unspecified atom stereocenters. The number of carbonyl (C=O) groups excluding carboxylic acids is 1. The number of fused-ring (bicyclic) bond motifs is 1. The quantitative estimate of drug-likeness (QED) is 0.757. The van der Waals surface area contributed by atoms with Gasteiger partial charge in [0.15, 0.2) is 0 Å². The Morgan fingerprint density at radius 3 is 2.68 bits per heavy atom. The second kappa shape index (κ2) is 6.61. The SMILES string of the molecule is Cc1nn(-c2ccccc2)c2sc(C(=O)NC3CCC(N)CC3)cc12. The molecule has 1 saturated carbocycles. The van der Waals surface area contributed by atoms with Crippen LogP contribution in [0.15, 0.2) is 36.4 Å². The second-order valence-corrected chi connectivity index (χ2v) is 7.78. The van der Waals surface area contributed by atoms with Crippen LogP contribution in [-0.4, -0.2) is 27.8 Å². The maximum absolute atomic E-state index is 12.7. The molecule has 3 aromatic rings. The zero-order valence-electron chi connectivity index (χ0n) is 14.2. The first-order valence-electron chi connectivity index (χ1n) is 8.73. The fraction of sp³-hybridized carbons (Fsp3) is 0.368.